The monoisotopic (exact) mass is 234 g/mol. The third kappa shape index (κ3) is 1.94. The molecule has 1 aromatic carbocycles. The molecule has 0 saturated carbocycles. The molecule has 0 radical (unpaired) electrons. The van der Waals surface area contributed by atoms with Crippen molar-refractivity contribution in [2.75, 3.05) is 0 Å². The van der Waals surface area contributed by atoms with Gasteiger partial charge in [0.25, 0.3) is 0 Å². The Morgan fingerprint density at radius 3 is 2.29 bits per heavy atom. The van der Waals surface area contributed by atoms with Crippen LogP contribution in [-0.4, -0.2) is 9.85 Å². The minimum absolute atomic E-state index is 0.0610. The minimum Gasteiger partial charge on any atom is -0.258 e. The predicted octanol–water partition coefficient (Wildman–Crippen LogP) is 2.75. The third-order valence-electron chi connectivity index (χ3n) is 1.44. The minimum atomic E-state index is -0.817. The normalized spacial score (nSPS) is 9.79. The molecule has 0 heterocycles. The summed E-state index contributed by atoms with van der Waals surface area (Å²) < 4.78 is 0. The molecule has 6 nitrogen and oxygen atoms in total. The van der Waals surface area contributed by atoms with Crippen LogP contribution in [0.2, 0.25) is 0 Å². The zero-order valence-electron chi connectivity index (χ0n) is 6.55. The zero-order chi connectivity index (χ0) is 10.7. The Kier molecular flexibility index (Phi) is 3.26. The fourth-order valence-electron chi connectivity index (χ4n) is 0.904. The molecule has 1 aromatic rings. The van der Waals surface area contributed by atoms with Crippen LogP contribution in [-0.2, 0) is 0 Å². The van der Waals surface area contributed by atoms with E-state index in [4.69, 9.17) is 10.7 Å². The van der Waals surface area contributed by atoms with E-state index in [-0.39, 0.29) is 4.90 Å². The molecule has 0 spiro atoms. The van der Waals surface area contributed by atoms with Crippen LogP contribution in [0, 0.1) is 20.2 Å². The van der Waals surface area contributed by atoms with Gasteiger partial charge in [0, 0.05) is 6.07 Å². The average molecular weight is 235 g/mol. The molecule has 0 amide bonds. The van der Waals surface area contributed by atoms with Gasteiger partial charge in [-0.2, -0.15) is 0 Å². The summed E-state index contributed by atoms with van der Waals surface area (Å²) in [6.45, 7) is 0. The van der Waals surface area contributed by atoms with E-state index in [1.165, 1.54) is 12.1 Å². The van der Waals surface area contributed by atoms with Crippen molar-refractivity contribution < 1.29 is 9.85 Å². The number of rotatable bonds is 3. The molecule has 0 aliphatic carbocycles. The second-order valence-corrected chi connectivity index (χ2v) is 3.27. The van der Waals surface area contributed by atoms with Crippen LogP contribution in [0.4, 0.5) is 11.4 Å². The van der Waals surface area contributed by atoms with Gasteiger partial charge in [-0.15, -0.1) is 0 Å². The number of hydrogen-bond donors (Lipinski definition) is 0. The molecule has 0 fully saturated rings. The van der Waals surface area contributed by atoms with Gasteiger partial charge in [-0.3, -0.25) is 20.2 Å². The largest absolute Gasteiger partial charge is 0.360 e. The summed E-state index contributed by atoms with van der Waals surface area (Å²) in [5.74, 6) is 0. The van der Waals surface area contributed by atoms with E-state index in [0.717, 1.165) is 6.07 Å². The Morgan fingerprint density at radius 1 is 1.21 bits per heavy atom. The number of nitro benzene ring substituents is 2. The van der Waals surface area contributed by atoms with Crippen LogP contribution in [0.25, 0.3) is 0 Å². The highest BCUT2D eigenvalue weighted by molar-refractivity contribution is 8.21. The van der Waals surface area contributed by atoms with Gasteiger partial charge in [-0.1, -0.05) is 6.07 Å². The summed E-state index contributed by atoms with van der Waals surface area (Å²) in [5.41, 5.74) is -1.13. The van der Waals surface area contributed by atoms with Crippen LogP contribution in [0.15, 0.2) is 23.1 Å². The smallest absolute Gasteiger partial charge is 0.258 e. The number of nitro groups is 2. The first-order valence-corrected chi connectivity index (χ1v) is 4.92. The first kappa shape index (κ1) is 10.7. The Labute approximate surface area is 86.7 Å². The third-order valence-corrected chi connectivity index (χ3v) is 2.43. The lowest BCUT2D eigenvalue weighted by molar-refractivity contribution is -0.424. The number of halogens is 1. The molecule has 0 bridgehead atoms. The van der Waals surface area contributed by atoms with Gasteiger partial charge in [0.2, 0.25) is 0 Å². The predicted molar refractivity (Wildman–Crippen MR) is 51.5 cm³/mol. The van der Waals surface area contributed by atoms with Crippen molar-refractivity contribution in [2.24, 2.45) is 0 Å². The van der Waals surface area contributed by atoms with Crippen molar-refractivity contribution in [1.29, 1.82) is 0 Å². The molecule has 0 unspecified atom stereocenters. The van der Waals surface area contributed by atoms with Gasteiger partial charge >= 0.3 is 11.4 Å². The van der Waals surface area contributed by atoms with Crippen LogP contribution < -0.4 is 0 Å². The Bertz CT molecular complexity index is 397. The van der Waals surface area contributed by atoms with Gasteiger partial charge in [0.05, 0.1) is 9.85 Å². The highest BCUT2D eigenvalue weighted by atomic mass is 35.7. The van der Waals surface area contributed by atoms with E-state index in [1.807, 2.05) is 0 Å². The van der Waals surface area contributed by atoms with Crippen molar-refractivity contribution in [1.82, 2.24) is 0 Å². The summed E-state index contributed by atoms with van der Waals surface area (Å²) in [6.07, 6.45) is 0. The molecule has 0 aliphatic rings. The van der Waals surface area contributed by atoms with E-state index in [1.54, 1.807) is 0 Å². The number of benzene rings is 1. The molecular weight excluding hydrogens is 232 g/mol. The fourth-order valence-corrected chi connectivity index (χ4v) is 1.66. The lowest BCUT2D eigenvalue weighted by Gasteiger charge is -1.97. The van der Waals surface area contributed by atoms with E-state index in [2.05, 4.69) is 0 Å². The van der Waals surface area contributed by atoms with Crippen molar-refractivity contribution in [2.45, 2.75) is 4.90 Å². The van der Waals surface area contributed by atoms with Crippen molar-refractivity contribution in [3.8, 4) is 0 Å². The Balaban J connectivity index is 3.43. The summed E-state index contributed by atoms with van der Waals surface area (Å²) in [5, 5.41) is 21.0. The van der Waals surface area contributed by atoms with Crippen molar-refractivity contribution in [3.63, 3.8) is 0 Å². The lowest BCUT2D eigenvalue weighted by atomic mass is 10.3. The standard InChI is InChI=1S/C6H3ClN2O4S/c7-14-5-3-1-2-4(8(10)11)6(5)9(12)13/h1-3H. The van der Waals surface area contributed by atoms with Crippen molar-refractivity contribution in [3.05, 3.63) is 38.4 Å². The second kappa shape index (κ2) is 4.25. The maximum absolute atomic E-state index is 10.5. The molecule has 8 heteroatoms. The molecule has 0 aromatic heterocycles. The first-order valence-electron chi connectivity index (χ1n) is 3.28. The zero-order valence-corrected chi connectivity index (χ0v) is 8.12. The molecule has 0 aliphatic heterocycles. The quantitative estimate of drug-likeness (QED) is 0.593. The SMILES string of the molecule is O=[N+]([O-])c1cccc(SCl)c1[N+](=O)[O-]. The number of nitrogens with zero attached hydrogens (tertiary/aromatic N) is 2. The number of para-hydroxylation sites is 1. The Hall–Kier alpha value is -1.34. The maximum atomic E-state index is 10.5. The molecule has 0 saturated heterocycles. The van der Waals surface area contributed by atoms with Crippen molar-refractivity contribution >= 4 is 33.0 Å². The number of hydrogen-bond acceptors (Lipinski definition) is 5. The molecule has 1 rings (SSSR count). The van der Waals surface area contributed by atoms with Gasteiger partial charge in [-0.05, 0) is 27.7 Å². The Morgan fingerprint density at radius 2 is 1.86 bits per heavy atom. The van der Waals surface area contributed by atoms with Crippen LogP contribution in [0.5, 0.6) is 0 Å². The van der Waals surface area contributed by atoms with E-state index in [0.29, 0.717) is 11.0 Å². The highest BCUT2D eigenvalue weighted by Gasteiger charge is 2.27. The molecular formula is C6H3ClN2O4S. The second-order valence-electron chi connectivity index (χ2n) is 2.22. The first-order chi connectivity index (χ1) is 6.57. The maximum Gasteiger partial charge on any atom is 0.360 e. The summed E-state index contributed by atoms with van der Waals surface area (Å²) in [6, 6.07) is 3.76. The fraction of sp³-hybridized carbons (Fsp3) is 0. The summed E-state index contributed by atoms with van der Waals surface area (Å²) >= 11 is 0. The summed E-state index contributed by atoms with van der Waals surface area (Å²) in [4.78, 5) is 19.4. The van der Waals surface area contributed by atoms with Gasteiger partial charge < -0.3 is 0 Å². The molecule has 74 valence electrons. The summed E-state index contributed by atoms with van der Waals surface area (Å²) in [7, 11) is 5.92. The van der Waals surface area contributed by atoms with E-state index >= 15 is 0 Å². The molecule has 0 atom stereocenters. The van der Waals surface area contributed by atoms with Gasteiger partial charge in [-0.25, -0.2) is 0 Å². The average Bonchev–Trinajstić information content (AvgIpc) is 2.16. The van der Waals surface area contributed by atoms with Gasteiger partial charge in [0.1, 0.15) is 4.90 Å². The van der Waals surface area contributed by atoms with E-state index < -0.39 is 21.2 Å². The molecule has 14 heavy (non-hydrogen) atoms. The topological polar surface area (TPSA) is 86.3 Å². The molecule has 0 N–H and O–H groups in total. The van der Waals surface area contributed by atoms with Crippen LogP contribution in [0.1, 0.15) is 0 Å². The van der Waals surface area contributed by atoms with Crippen LogP contribution in [0.3, 0.4) is 0 Å². The van der Waals surface area contributed by atoms with Gasteiger partial charge in [0.15, 0.2) is 0 Å². The highest BCUT2D eigenvalue weighted by Crippen LogP contribution is 2.38. The van der Waals surface area contributed by atoms with E-state index in [9.17, 15) is 20.2 Å². The van der Waals surface area contributed by atoms with Crippen LogP contribution >= 0.6 is 21.7 Å². The lowest BCUT2D eigenvalue weighted by Crippen LogP contribution is -1.97.